The molecule has 0 aliphatic heterocycles. The molecule has 5 rings (SSSR count). The summed E-state index contributed by atoms with van der Waals surface area (Å²) >= 11 is 0. The van der Waals surface area contributed by atoms with Crippen LogP contribution in [-0.4, -0.2) is 0 Å². The van der Waals surface area contributed by atoms with Crippen molar-refractivity contribution in [2.75, 3.05) is 0 Å². The van der Waals surface area contributed by atoms with Crippen molar-refractivity contribution < 1.29 is 0 Å². The zero-order valence-corrected chi connectivity index (χ0v) is 11.3. The van der Waals surface area contributed by atoms with Crippen LogP contribution in [0.1, 0.15) is 46.0 Å². The molecule has 0 nitrogen and oxygen atoms in total. The van der Waals surface area contributed by atoms with E-state index in [1.54, 1.807) is 25.7 Å². The summed E-state index contributed by atoms with van der Waals surface area (Å²) in [5, 5.41) is 0. The van der Waals surface area contributed by atoms with E-state index in [1.807, 2.05) is 13.8 Å². The largest absolute Gasteiger partial charge is 0.0848 e. The Morgan fingerprint density at radius 2 is 1.47 bits per heavy atom. The van der Waals surface area contributed by atoms with Crippen LogP contribution in [-0.2, 0) is 0 Å². The van der Waals surface area contributed by atoms with E-state index >= 15 is 0 Å². The Morgan fingerprint density at radius 1 is 0.706 bits per heavy atom. The summed E-state index contributed by atoms with van der Waals surface area (Å²) in [5.41, 5.74) is 0. The quantitative estimate of drug-likeness (QED) is 0.537. The van der Waals surface area contributed by atoms with Crippen LogP contribution in [0.3, 0.4) is 0 Å². The molecule has 0 spiro atoms. The molecule has 0 radical (unpaired) electrons. The van der Waals surface area contributed by atoms with E-state index in [1.165, 1.54) is 30.1 Å². The van der Waals surface area contributed by atoms with Gasteiger partial charge in [-0.05, 0) is 79.4 Å². The van der Waals surface area contributed by atoms with E-state index in [0.29, 0.717) is 0 Å². The topological polar surface area (TPSA) is 0 Å². The molecule has 17 heavy (non-hydrogen) atoms. The molecule has 0 amide bonds. The Labute approximate surface area is 106 Å². The van der Waals surface area contributed by atoms with Crippen molar-refractivity contribution in [2.24, 2.45) is 47.3 Å². The first-order valence-electron chi connectivity index (χ1n) is 8.10. The summed E-state index contributed by atoms with van der Waals surface area (Å²) in [4.78, 5) is 0. The lowest BCUT2D eigenvalue weighted by atomic mass is 9.73. The van der Waals surface area contributed by atoms with E-state index in [4.69, 9.17) is 0 Å². The summed E-state index contributed by atoms with van der Waals surface area (Å²) < 4.78 is 0. The third kappa shape index (κ3) is 1.20. The fourth-order valence-electron chi connectivity index (χ4n) is 6.58. The molecule has 4 bridgehead atoms. The predicted molar refractivity (Wildman–Crippen MR) is 71.5 cm³/mol. The maximum atomic E-state index is 2.58. The number of rotatable bonds is 0. The van der Waals surface area contributed by atoms with Gasteiger partial charge in [-0.1, -0.05) is 26.0 Å². The van der Waals surface area contributed by atoms with E-state index in [0.717, 1.165) is 23.7 Å². The normalized spacial score (nSPS) is 60.1. The molecule has 8 atom stereocenters. The predicted octanol–water partition coefficient (Wildman–Crippen LogP) is 4.52. The average molecular weight is 230 g/mol. The molecule has 5 aliphatic rings. The average Bonchev–Trinajstić information content (AvgIpc) is 3.14. The molecule has 4 saturated carbocycles. The van der Waals surface area contributed by atoms with Gasteiger partial charge < -0.3 is 0 Å². The van der Waals surface area contributed by atoms with Crippen LogP contribution in [0.2, 0.25) is 0 Å². The van der Waals surface area contributed by atoms with Crippen molar-refractivity contribution >= 4 is 0 Å². The van der Waals surface area contributed by atoms with Crippen LogP contribution in [0.15, 0.2) is 12.2 Å². The second-order valence-corrected chi connectivity index (χ2v) is 7.00. The van der Waals surface area contributed by atoms with Crippen LogP contribution in [0.4, 0.5) is 0 Å². The van der Waals surface area contributed by atoms with Gasteiger partial charge in [-0.25, -0.2) is 0 Å². The molecule has 4 fully saturated rings. The van der Waals surface area contributed by atoms with Gasteiger partial charge in [-0.15, -0.1) is 0 Å². The molecule has 0 N–H and O–H groups in total. The van der Waals surface area contributed by atoms with E-state index in [-0.39, 0.29) is 0 Å². The van der Waals surface area contributed by atoms with Gasteiger partial charge in [0.05, 0.1) is 0 Å². The summed E-state index contributed by atoms with van der Waals surface area (Å²) in [6, 6.07) is 0. The molecule has 0 heteroatoms. The second kappa shape index (κ2) is 3.62. The Kier molecular flexibility index (Phi) is 2.27. The van der Waals surface area contributed by atoms with E-state index < -0.39 is 0 Å². The number of hydrogen-bond acceptors (Lipinski definition) is 0. The van der Waals surface area contributed by atoms with Gasteiger partial charge in [-0.2, -0.15) is 0 Å². The van der Waals surface area contributed by atoms with Crippen LogP contribution >= 0.6 is 0 Å². The van der Waals surface area contributed by atoms with Gasteiger partial charge in [-0.3, -0.25) is 0 Å². The van der Waals surface area contributed by atoms with Crippen molar-refractivity contribution in [2.45, 2.75) is 46.0 Å². The van der Waals surface area contributed by atoms with Crippen LogP contribution in [0, 0.1) is 47.3 Å². The first kappa shape index (κ1) is 10.6. The van der Waals surface area contributed by atoms with Crippen molar-refractivity contribution in [1.82, 2.24) is 0 Å². The minimum atomic E-state index is 1.02. The zero-order chi connectivity index (χ0) is 11.6. The highest BCUT2D eigenvalue weighted by Crippen LogP contribution is 2.69. The van der Waals surface area contributed by atoms with Gasteiger partial charge in [0, 0.05) is 0 Å². The Balaban J connectivity index is 0.000000383. The van der Waals surface area contributed by atoms with Crippen molar-refractivity contribution in [3.8, 4) is 0 Å². The van der Waals surface area contributed by atoms with Crippen molar-refractivity contribution in [3.05, 3.63) is 12.2 Å². The standard InChI is InChI=1S/C15H20.C2H6/c1-3-10-5-8(1)12-7-13-9-2-4-11(6-9)15(13)14(10)12;1-2/h1,3,8-15H,2,4-7H2;1-2H3. The van der Waals surface area contributed by atoms with E-state index in [2.05, 4.69) is 12.2 Å². The summed E-state index contributed by atoms with van der Waals surface area (Å²) in [7, 11) is 0. The van der Waals surface area contributed by atoms with Gasteiger partial charge in [0.2, 0.25) is 0 Å². The van der Waals surface area contributed by atoms with Gasteiger partial charge in [0.1, 0.15) is 0 Å². The first-order chi connectivity index (χ1) is 8.42. The molecule has 0 aromatic carbocycles. The minimum absolute atomic E-state index is 1.02. The molecule has 0 saturated heterocycles. The molecule has 5 aliphatic carbocycles. The lowest BCUT2D eigenvalue weighted by Gasteiger charge is -2.31. The molecular formula is C17H26. The van der Waals surface area contributed by atoms with Crippen LogP contribution in [0.25, 0.3) is 0 Å². The van der Waals surface area contributed by atoms with Gasteiger partial charge >= 0.3 is 0 Å². The fraction of sp³-hybridized carbons (Fsp3) is 0.882. The first-order valence-corrected chi connectivity index (χ1v) is 8.10. The minimum Gasteiger partial charge on any atom is -0.0848 e. The molecule has 8 unspecified atom stereocenters. The maximum Gasteiger partial charge on any atom is -0.0194 e. The highest BCUT2D eigenvalue weighted by molar-refractivity contribution is 5.20. The smallest absolute Gasteiger partial charge is 0.0194 e. The third-order valence-electron chi connectivity index (χ3n) is 6.84. The summed E-state index contributed by atoms with van der Waals surface area (Å²) in [5.74, 6) is 9.04. The van der Waals surface area contributed by atoms with Gasteiger partial charge in [0.15, 0.2) is 0 Å². The summed E-state index contributed by atoms with van der Waals surface area (Å²) in [6.07, 6.45) is 13.1. The molecule has 94 valence electrons. The monoisotopic (exact) mass is 230 g/mol. The lowest BCUT2D eigenvalue weighted by molar-refractivity contribution is 0.185. The highest BCUT2D eigenvalue weighted by Gasteiger charge is 2.62. The number of hydrogen-bond donors (Lipinski definition) is 0. The third-order valence-corrected chi connectivity index (χ3v) is 6.84. The molecule has 0 aromatic rings. The molecular weight excluding hydrogens is 204 g/mol. The van der Waals surface area contributed by atoms with E-state index in [9.17, 15) is 0 Å². The fourth-order valence-corrected chi connectivity index (χ4v) is 6.58. The SMILES string of the molecule is C1=CC2CC1C1CC3C4CCC(C4)C3C21.CC. The van der Waals surface area contributed by atoms with Crippen molar-refractivity contribution in [1.29, 1.82) is 0 Å². The Morgan fingerprint density at radius 3 is 2.35 bits per heavy atom. The number of allylic oxidation sites excluding steroid dienone is 2. The Bertz CT molecular complexity index is 342. The molecule has 0 heterocycles. The highest BCUT2D eigenvalue weighted by atomic mass is 14.7. The zero-order valence-electron chi connectivity index (χ0n) is 11.3. The Hall–Kier alpha value is -0.260. The van der Waals surface area contributed by atoms with Gasteiger partial charge in [0.25, 0.3) is 0 Å². The van der Waals surface area contributed by atoms with Crippen LogP contribution < -0.4 is 0 Å². The van der Waals surface area contributed by atoms with Crippen LogP contribution in [0.5, 0.6) is 0 Å². The maximum absolute atomic E-state index is 2.58. The number of fused-ring (bicyclic) bond motifs is 11. The van der Waals surface area contributed by atoms with Crippen molar-refractivity contribution in [3.63, 3.8) is 0 Å². The summed E-state index contributed by atoms with van der Waals surface area (Å²) in [6.45, 7) is 4.00. The lowest BCUT2D eigenvalue weighted by Crippen LogP contribution is -2.26. The second-order valence-electron chi connectivity index (χ2n) is 7.00. The molecule has 0 aromatic heterocycles.